The van der Waals surface area contributed by atoms with Gasteiger partial charge in [-0.05, 0) is 55.0 Å². The van der Waals surface area contributed by atoms with E-state index in [9.17, 15) is 36.3 Å². The highest BCUT2D eigenvalue weighted by molar-refractivity contribution is 6.46. The van der Waals surface area contributed by atoms with E-state index in [0.717, 1.165) is 10.9 Å². The summed E-state index contributed by atoms with van der Waals surface area (Å²) in [5, 5.41) is 5.21. The van der Waals surface area contributed by atoms with E-state index in [0.29, 0.717) is 35.0 Å². The number of para-hydroxylation sites is 1. The van der Waals surface area contributed by atoms with Crippen LogP contribution in [-0.4, -0.2) is 27.8 Å². The third-order valence-corrected chi connectivity index (χ3v) is 6.79. The lowest BCUT2D eigenvalue weighted by atomic mass is 10.0. The van der Waals surface area contributed by atoms with Crippen molar-refractivity contribution in [3.8, 4) is 5.69 Å². The summed E-state index contributed by atoms with van der Waals surface area (Å²) in [6, 6.07) is 17.7. The van der Waals surface area contributed by atoms with Crippen LogP contribution in [0.4, 0.5) is 22.0 Å². The van der Waals surface area contributed by atoms with Gasteiger partial charge < -0.3 is 9.40 Å². The zero-order valence-electron chi connectivity index (χ0n) is 22.7. The molecule has 0 atom stereocenters. The Morgan fingerprint density at radius 3 is 1.95 bits per heavy atom. The molecule has 0 amide bonds. The van der Waals surface area contributed by atoms with Gasteiger partial charge in [0.05, 0.1) is 11.0 Å². The minimum atomic E-state index is -2.35. The number of carbonyl (C=O) groups excluding carboxylic acids is 3. The summed E-state index contributed by atoms with van der Waals surface area (Å²) in [6.45, 7) is 3.04. The van der Waals surface area contributed by atoms with E-state index in [4.69, 9.17) is 4.84 Å². The first kappa shape index (κ1) is 29.3. The van der Waals surface area contributed by atoms with E-state index < -0.39 is 52.2 Å². The van der Waals surface area contributed by atoms with Crippen molar-refractivity contribution >= 4 is 45.1 Å². The smallest absolute Gasteiger partial charge is 0.318 e. The highest BCUT2D eigenvalue weighted by atomic mass is 19.2. The van der Waals surface area contributed by atoms with Gasteiger partial charge in [-0.3, -0.25) is 9.59 Å². The molecule has 5 aromatic rings. The molecule has 0 fully saturated rings. The summed E-state index contributed by atoms with van der Waals surface area (Å²) in [7, 11) is 0. The SMILES string of the molecule is CCCC(=NOC(C)=O)C(=O)c1ccc2c(c1)c1ccccc1n2-c1ccc(C(=O)c2c(F)c(F)c(F)c(F)c2F)cc1. The molecule has 5 rings (SSSR count). The summed E-state index contributed by atoms with van der Waals surface area (Å²) < 4.78 is 71.2. The Labute approximate surface area is 241 Å². The number of hydrogen-bond donors (Lipinski definition) is 0. The number of rotatable bonds is 8. The van der Waals surface area contributed by atoms with Gasteiger partial charge in [0.2, 0.25) is 11.6 Å². The molecule has 1 aromatic heterocycles. The number of Topliss-reactive ketones (excluding diaryl/α,β-unsaturated/α-hetero) is 1. The predicted molar refractivity (Wildman–Crippen MR) is 149 cm³/mol. The molecule has 0 aliphatic carbocycles. The highest BCUT2D eigenvalue weighted by Gasteiger charge is 2.30. The maximum absolute atomic E-state index is 14.3. The molecule has 0 aliphatic rings. The highest BCUT2D eigenvalue weighted by Crippen LogP contribution is 2.33. The molecule has 0 spiro atoms. The van der Waals surface area contributed by atoms with Crippen LogP contribution in [0.15, 0.2) is 71.9 Å². The first-order chi connectivity index (χ1) is 20.5. The fourth-order valence-corrected chi connectivity index (χ4v) is 4.83. The molecule has 43 heavy (non-hydrogen) atoms. The van der Waals surface area contributed by atoms with Gasteiger partial charge >= 0.3 is 5.97 Å². The lowest BCUT2D eigenvalue weighted by Crippen LogP contribution is -2.15. The number of ketones is 2. The minimum Gasteiger partial charge on any atom is -0.318 e. The van der Waals surface area contributed by atoms with Crippen molar-refractivity contribution in [2.75, 3.05) is 0 Å². The Morgan fingerprint density at radius 1 is 0.744 bits per heavy atom. The average Bonchev–Trinajstić information content (AvgIpc) is 3.34. The summed E-state index contributed by atoms with van der Waals surface area (Å²) in [6.07, 6.45) is 0.887. The number of benzene rings is 4. The van der Waals surface area contributed by atoms with Gasteiger partial charge in [-0.25, -0.2) is 26.7 Å². The Balaban J connectivity index is 1.58. The van der Waals surface area contributed by atoms with Crippen LogP contribution in [0.3, 0.4) is 0 Å². The van der Waals surface area contributed by atoms with Crippen LogP contribution in [0.25, 0.3) is 27.5 Å². The maximum Gasteiger partial charge on any atom is 0.331 e. The number of fused-ring (bicyclic) bond motifs is 3. The maximum atomic E-state index is 14.3. The lowest BCUT2D eigenvalue weighted by Gasteiger charge is -2.10. The topological polar surface area (TPSA) is 77.7 Å². The molecular weight excluding hydrogens is 571 g/mol. The number of oxime groups is 1. The molecular formula is C32H21F5N2O4. The van der Waals surface area contributed by atoms with Crippen molar-refractivity contribution < 1.29 is 41.2 Å². The molecule has 218 valence electrons. The van der Waals surface area contributed by atoms with Gasteiger partial charge in [-0.2, -0.15) is 0 Å². The molecule has 0 saturated heterocycles. The largest absolute Gasteiger partial charge is 0.331 e. The van der Waals surface area contributed by atoms with Crippen LogP contribution in [0.5, 0.6) is 0 Å². The number of halogens is 5. The normalized spacial score (nSPS) is 11.7. The van der Waals surface area contributed by atoms with Gasteiger partial charge in [0.25, 0.3) is 0 Å². The van der Waals surface area contributed by atoms with Crippen LogP contribution in [0, 0.1) is 29.1 Å². The van der Waals surface area contributed by atoms with E-state index >= 15 is 0 Å². The average molecular weight is 593 g/mol. The second kappa shape index (κ2) is 11.6. The molecule has 1 heterocycles. The minimum absolute atomic E-state index is 0.0924. The Morgan fingerprint density at radius 2 is 1.33 bits per heavy atom. The van der Waals surface area contributed by atoms with E-state index in [-0.39, 0.29) is 11.3 Å². The van der Waals surface area contributed by atoms with Gasteiger partial charge in [0.1, 0.15) is 11.3 Å². The van der Waals surface area contributed by atoms with Crippen LogP contribution < -0.4 is 0 Å². The molecule has 0 N–H and O–H groups in total. The zero-order valence-corrected chi connectivity index (χ0v) is 22.7. The van der Waals surface area contributed by atoms with E-state index in [2.05, 4.69) is 5.16 Å². The van der Waals surface area contributed by atoms with Crippen LogP contribution >= 0.6 is 0 Å². The van der Waals surface area contributed by atoms with E-state index in [1.807, 2.05) is 29.7 Å². The fraction of sp³-hybridized carbons (Fsp3) is 0.125. The van der Waals surface area contributed by atoms with Crippen molar-refractivity contribution in [1.82, 2.24) is 4.57 Å². The van der Waals surface area contributed by atoms with Crippen LogP contribution in [0.1, 0.15) is 53.0 Å². The molecule has 11 heteroatoms. The van der Waals surface area contributed by atoms with E-state index in [1.165, 1.54) is 31.2 Å². The zero-order chi connectivity index (χ0) is 31.0. The van der Waals surface area contributed by atoms with Crippen LogP contribution in [0.2, 0.25) is 0 Å². The molecule has 0 saturated carbocycles. The summed E-state index contributed by atoms with van der Waals surface area (Å²) >= 11 is 0. The van der Waals surface area contributed by atoms with Gasteiger partial charge in [-0.15, -0.1) is 0 Å². The predicted octanol–water partition coefficient (Wildman–Crippen LogP) is 7.61. The molecule has 4 aromatic carbocycles. The third-order valence-electron chi connectivity index (χ3n) is 6.79. The van der Waals surface area contributed by atoms with Crippen molar-refractivity contribution in [2.45, 2.75) is 26.7 Å². The Hall–Kier alpha value is -5.19. The van der Waals surface area contributed by atoms with Crippen LogP contribution in [-0.2, 0) is 9.63 Å². The summed E-state index contributed by atoms with van der Waals surface area (Å²) in [5.74, 6) is -13.6. The quantitative estimate of drug-likeness (QED) is 0.0354. The van der Waals surface area contributed by atoms with Crippen molar-refractivity contribution in [3.05, 3.63) is 113 Å². The van der Waals surface area contributed by atoms with Crippen molar-refractivity contribution in [2.24, 2.45) is 5.16 Å². The Bertz CT molecular complexity index is 1950. The number of carbonyl (C=O) groups is 3. The summed E-state index contributed by atoms with van der Waals surface area (Å²) in [5.41, 5.74) is 0.485. The molecule has 0 radical (unpaired) electrons. The summed E-state index contributed by atoms with van der Waals surface area (Å²) in [4.78, 5) is 42.0. The molecule has 6 nitrogen and oxygen atoms in total. The van der Waals surface area contributed by atoms with Gasteiger partial charge in [0, 0.05) is 34.5 Å². The lowest BCUT2D eigenvalue weighted by molar-refractivity contribution is -0.140. The van der Waals surface area contributed by atoms with Crippen molar-refractivity contribution in [1.29, 1.82) is 0 Å². The third kappa shape index (κ3) is 5.18. The first-order valence-corrected chi connectivity index (χ1v) is 13.0. The second-order valence-corrected chi connectivity index (χ2v) is 9.61. The second-order valence-electron chi connectivity index (χ2n) is 9.61. The molecule has 0 bridgehead atoms. The monoisotopic (exact) mass is 592 g/mol. The van der Waals surface area contributed by atoms with Gasteiger partial charge in [0.15, 0.2) is 29.1 Å². The fourth-order valence-electron chi connectivity index (χ4n) is 4.83. The number of hydrogen-bond acceptors (Lipinski definition) is 5. The standard InChI is InChI=1S/C32H21F5N2O4/c1-3-6-22(38-43-16(2)40)31(41)18-11-14-24-21(15-18)20-7-4-5-8-23(20)39(24)19-12-9-17(10-13-19)32(42)25-26(33)28(35)30(37)29(36)27(25)34/h4-5,7-15H,3,6H2,1-2H3. The molecule has 0 aliphatic heterocycles. The molecule has 0 unspecified atom stereocenters. The van der Waals surface area contributed by atoms with Crippen molar-refractivity contribution in [3.63, 3.8) is 0 Å². The number of nitrogens with zero attached hydrogens (tertiary/aromatic N) is 2. The first-order valence-electron chi connectivity index (χ1n) is 13.0. The van der Waals surface area contributed by atoms with Gasteiger partial charge in [-0.1, -0.05) is 36.7 Å². The number of aromatic nitrogens is 1. The Kier molecular flexibility index (Phi) is 7.90. The van der Waals surface area contributed by atoms with E-state index in [1.54, 1.807) is 24.3 Å².